The van der Waals surface area contributed by atoms with Crippen molar-refractivity contribution in [1.82, 2.24) is 31.5 Å². The smallest absolute Gasteiger partial charge is 0.410 e. The first kappa shape index (κ1) is 46.3. The van der Waals surface area contributed by atoms with E-state index >= 15 is 0 Å². The number of primary amides is 1. The average molecular weight is 810 g/mol. The summed E-state index contributed by atoms with van der Waals surface area (Å²) in [6, 6.07) is 13.0. The van der Waals surface area contributed by atoms with Crippen LogP contribution in [-0.4, -0.2) is 107 Å². The Kier molecular flexibility index (Phi) is 18.3. The van der Waals surface area contributed by atoms with Crippen LogP contribution in [0.15, 0.2) is 60.7 Å². The molecule has 312 valence electrons. The van der Waals surface area contributed by atoms with E-state index in [1.165, 1.54) is 16.7 Å². The maximum atomic E-state index is 14.1. The van der Waals surface area contributed by atoms with Crippen molar-refractivity contribution < 1.29 is 38.3 Å². The zero-order valence-electron chi connectivity index (χ0n) is 33.8. The Morgan fingerprint density at radius 2 is 1.33 bits per heavy atom. The number of hydrogen-bond acceptors (Lipinski definition) is 9. The molecule has 1 aliphatic heterocycles. The predicted molar refractivity (Wildman–Crippen MR) is 219 cm³/mol. The Morgan fingerprint density at radius 3 is 1.86 bits per heavy atom. The summed E-state index contributed by atoms with van der Waals surface area (Å²) in [5.41, 5.74) is 6.22. The number of thioether (sulfide) groups is 1. The van der Waals surface area contributed by atoms with Crippen LogP contribution >= 0.6 is 11.8 Å². The minimum atomic E-state index is -1.17. The molecule has 0 unspecified atom stereocenters. The topological polar surface area (TPSA) is 218 Å². The van der Waals surface area contributed by atoms with Gasteiger partial charge in [-0.2, -0.15) is 11.8 Å². The van der Waals surface area contributed by atoms with Crippen molar-refractivity contribution in [3.63, 3.8) is 0 Å². The van der Waals surface area contributed by atoms with Crippen molar-refractivity contribution in [2.45, 2.75) is 109 Å². The van der Waals surface area contributed by atoms with Crippen LogP contribution in [-0.2, 0) is 46.3 Å². The summed E-state index contributed by atoms with van der Waals surface area (Å²) in [5, 5.41) is 13.5. The van der Waals surface area contributed by atoms with Crippen LogP contribution in [0.4, 0.5) is 4.79 Å². The highest BCUT2D eigenvalue weighted by molar-refractivity contribution is 7.98. The van der Waals surface area contributed by atoms with E-state index in [1.807, 2.05) is 44.4 Å². The maximum Gasteiger partial charge on any atom is 0.410 e. The lowest BCUT2D eigenvalue weighted by Crippen LogP contribution is -2.58. The van der Waals surface area contributed by atoms with Crippen molar-refractivity contribution in [3.05, 3.63) is 71.8 Å². The van der Waals surface area contributed by atoms with E-state index < -0.39 is 83.9 Å². The standard InChI is InChI=1S/C41H59N7O8S/c1-26(2)22-30(37(52)45-29(35(42)50)19-21-57-6)44-34(49)25-43-36(51)31(23-27-14-9-7-10-15-27)46-38(53)32(24-28-16-11-8-12-17-28)47-39(54)33-18-13-20-48(33)40(55)56-41(3,4)5/h7-12,14-17,26,29-33H,13,18-25H2,1-6H3,(H2,42,50)(H,43,51)(H,44,49)(H,45,52)(H,46,53)(H,47,54)/t29-,30-,31-,32-,33-/m0/s1. The Balaban J connectivity index is 1.78. The summed E-state index contributed by atoms with van der Waals surface area (Å²) in [5.74, 6) is -3.16. The van der Waals surface area contributed by atoms with Gasteiger partial charge in [0.2, 0.25) is 35.4 Å². The molecule has 57 heavy (non-hydrogen) atoms. The van der Waals surface area contributed by atoms with Crippen LogP contribution in [0, 0.1) is 5.92 Å². The fourth-order valence-electron chi connectivity index (χ4n) is 6.27. The summed E-state index contributed by atoms with van der Waals surface area (Å²) < 4.78 is 5.53. The number of carbonyl (C=O) groups excluding carboxylic acids is 7. The SMILES string of the molecule is CSCC[C@H](NC(=O)[C@H](CC(C)C)NC(=O)CNC(=O)[C@H](Cc1ccccc1)NC(=O)[C@H](Cc1ccccc1)NC(=O)[C@@H]1CCCN1C(=O)OC(C)(C)C)C(N)=O. The van der Waals surface area contributed by atoms with E-state index in [0.29, 0.717) is 31.6 Å². The van der Waals surface area contributed by atoms with E-state index in [1.54, 1.807) is 57.2 Å². The highest BCUT2D eigenvalue weighted by atomic mass is 32.2. The summed E-state index contributed by atoms with van der Waals surface area (Å²) in [4.78, 5) is 94.3. The zero-order valence-corrected chi connectivity index (χ0v) is 34.6. The van der Waals surface area contributed by atoms with E-state index in [-0.39, 0.29) is 25.2 Å². The molecule has 1 fully saturated rings. The van der Waals surface area contributed by atoms with Gasteiger partial charge >= 0.3 is 6.09 Å². The lowest BCUT2D eigenvalue weighted by atomic mass is 10.0. The summed E-state index contributed by atoms with van der Waals surface area (Å²) in [6.07, 6.45) is 2.95. The Morgan fingerprint density at radius 1 is 0.789 bits per heavy atom. The quantitative estimate of drug-likeness (QED) is 0.115. The summed E-state index contributed by atoms with van der Waals surface area (Å²) in [6.45, 7) is 8.79. The van der Waals surface area contributed by atoms with Crippen LogP contribution in [0.3, 0.4) is 0 Å². The monoisotopic (exact) mass is 809 g/mol. The second-order valence-corrected chi connectivity index (χ2v) is 16.5. The molecule has 5 atom stereocenters. The molecule has 15 nitrogen and oxygen atoms in total. The van der Waals surface area contributed by atoms with E-state index in [4.69, 9.17) is 10.5 Å². The second-order valence-electron chi connectivity index (χ2n) is 15.5. The lowest BCUT2D eigenvalue weighted by Gasteiger charge is -2.29. The second kappa shape index (κ2) is 22.6. The number of rotatable bonds is 20. The number of nitrogens with one attached hydrogen (secondary N) is 5. The Labute approximate surface area is 339 Å². The van der Waals surface area contributed by atoms with Crippen LogP contribution in [0.5, 0.6) is 0 Å². The van der Waals surface area contributed by atoms with Crippen molar-refractivity contribution >= 4 is 53.3 Å². The first-order valence-corrected chi connectivity index (χ1v) is 20.7. The average Bonchev–Trinajstić information content (AvgIpc) is 3.65. The molecular formula is C41H59N7O8S. The summed E-state index contributed by atoms with van der Waals surface area (Å²) >= 11 is 1.50. The van der Waals surface area contributed by atoms with Gasteiger partial charge in [-0.25, -0.2) is 4.79 Å². The molecular weight excluding hydrogens is 751 g/mol. The number of hydrogen-bond donors (Lipinski definition) is 6. The van der Waals surface area contributed by atoms with Gasteiger partial charge in [-0.15, -0.1) is 0 Å². The predicted octanol–water partition coefficient (Wildman–Crippen LogP) is 2.21. The molecule has 0 saturated carbocycles. The van der Waals surface area contributed by atoms with E-state index in [9.17, 15) is 33.6 Å². The van der Waals surface area contributed by atoms with Crippen LogP contribution in [0.25, 0.3) is 0 Å². The fourth-order valence-corrected chi connectivity index (χ4v) is 6.74. The summed E-state index contributed by atoms with van der Waals surface area (Å²) in [7, 11) is 0. The third-order valence-corrected chi connectivity index (χ3v) is 9.71. The highest BCUT2D eigenvalue weighted by Gasteiger charge is 2.38. The number of nitrogens with two attached hydrogens (primary N) is 1. The molecule has 1 heterocycles. The van der Waals surface area contributed by atoms with Gasteiger partial charge < -0.3 is 37.1 Å². The number of nitrogens with zero attached hydrogens (tertiary/aromatic N) is 1. The fraction of sp³-hybridized carbons (Fsp3) is 0.537. The number of likely N-dealkylation sites (tertiary alicyclic amines) is 1. The van der Waals surface area contributed by atoms with E-state index in [2.05, 4.69) is 26.6 Å². The molecule has 3 rings (SSSR count). The van der Waals surface area contributed by atoms with E-state index in [0.717, 1.165) is 11.1 Å². The zero-order chi connectivity index (χ0) is 42.1. The molecule has 16 heteroatoms. The minimum Gasteiger partial charge on any atom is -0.444 e. The largest absolute Gasteiger partial charge is 0.444 e. The molecule has 0 radical (unpaired) electrons. The first-order valence-electron chi connectivity index (χ1n) is 19.3. The van der Waals surface area contributed by atoms with Crippen molar-refractivity contribution in [3.8, 4) is 0 Å². The van der Waals surface area contributed by atoms with Gasteiger partial charge in [-0.1, -0.05) is 74.5 Å². The third-order valence-electron chi connectivity index (χ3n) is 9.07. The van der Waals surface area contributed by atoms with Gasteiger partial charge in [0.25, 0.3) is 0 Å². The Bertz CT molecular complexity index is 1670. The molecule has 7 N–H and O–H groups in total. The normalized spacial score (nSPS) is 16.1. The minimum absolute atomic E-state index is 0.00212. The van der Waals surface area contributed by atoms with Crippen molar-refractivity contribution in [2.75, 3.05) is 25.1 Å². The lowest BCUT2D eigenvalue weighted by molar-refractivity contribution is -0.134. The van der Waals surface area contributed by atoms with Crippen molar-refractivity contribution in [1.29, 1.82) is 0 Å². The highest BCUT2D eigenvalue weighted by Crippen LogP contribution is 2.21. The molecule has 2 aromatic carbocycles. The van der Waals surface area contributed by atoms with Gasteiger partial charge in [0.15, 0.2) is 0 Å². The number of amides is 7. The molecule has 1 aliphatic rings. The molecule has 0 spiro atoms. The molecule has 0 aliphatic carbocycles. The first-order chi connectivity index (χ1) is 27.0. The van der Waals surface area contributed by atoms with Gasteiger partial charge in [-0.05, 0) is 75.5 Å². The Hall–Kier alpha value is -5.12. The molecule has 1 saturated heterocycles. The van der Waals surface area contributed by atoms with Gasteiger partial charge in [-0.3, -0.25) is 33.7 Å². The third kappa shape index (κ3) is 16.1. The van der Waals surface area contributed by atoms with Gasteiger partial charge in [0.1, 0.15) is 35.8 Å². The molecule has 0 bridgehead atoms. The van der Waals surface area contributed by atoms with Crippen LogP contribution in [0.2, 0.25) is 0 Å². The molecule has 2 aromatic rings. The number of ether oxygens (including phenoxy) is 1. The van der Waals surface area contributed by atoms with Crippen LogP contribution in [0.1, 0.15) is 71.4 Å². The number of benzene rings is 2. The van der Waals surface area contributed by atoms with Crippen molar-refractivity contribution in [2.24, 2.45) is 11.7 Å². The maximum absolute atomic E-state index is 14.1. The van der Waals surface area contributed by atoms with Crippen LogP contribution < -0.4 is 32.3 Å². The van der Waals surface area contributed by atoms with Gasteiger partial charge in [0, 0.05) is 19.4 Å². The molecule has 7 amide bonds. The van der Waals surface area contributed by atoms with Gasteiger partial charge in [0.05, 0.1) is 6.54 Å². The number of carbonyl (C=O) groups is 7. The molecule has 0 aromatic heterocycles.